The third kappa shape index (κ3) is 4.45. The van der Waals surface area contributed by atoms with Crippen LogP contribution in [0.3, 0.4) is 0 Å². The largest absolute Gasteiger partial charge is 0.453 e. The minimum absolute atomic E-state index is 0.110. The van der Waals surface area contributed by atoms with Gasteiger partial charge in [0, 0.05) is 19.2 Å². The van der Waals surface area contributed by atoms with Gasteiger partial charge in [0.25, 0.3) is 5.91 Å². The minimum atomic E-state index is -0.828. The summed E-state index contributed by atoms with van der Waals surface area (Å²) < 4.78 is 5.02. The summed E-state index contributed by atoms with van der Waals surface area (Å²) in [7, 11) is 0. The first-order chi connectivity index (χ1) is 10.2. The predicted molar refractivity (Wildman–Crippen MR) is 88.9 cm³/mol. The van der Waals surface area contributed by atoms with Crippen LogP contribution in [-0.2, 0) is 19.7 Å². The summed E-state index contributed by atoms with van der Waals surface area (Å²) >= 11 is 0. The number of anilines is 1. The van der Waals surface area contributed by atoms with Gasteiger partial charge in [-0.25, -0.2) is 0 Å². The van der Waals surface area contributed by atoms with E-state index >= 15 is 0 Å². The number of hydrogen-bond acceptors (Lipinski definition) is 3. The highest BCUT2D eigenvalue weighted by atomic mass is 16.5. The number of nitrogens with zero attached hydrogens (tertiary/aromatic N) is 1. The van der Waals surface area contributed by atoms with Gasteiger partial charge in [0.15, 0.2) is 6.10 Å². The van der Waals surface area contributed by atoms with E-state index in [0.717, 1.165) is 11.3 Å². The van der Waals surface area contributed by atoms with Gasteiger partial charge in [-0.15, -0.1) is 6.58 Å². The van der Waals surface area contributed by atoms with Crippen LogP contribution < -0.4 is 4.90 Å². The molecule has 1 aromatic rings. The molecular weight excluding hydrogens is 278 g/mol. The fourth-order valence-corrected chi connectivity index (χ4v) is 2.30. The molecule has 0 aliphatic heterocycles. The first kappa shape index (κ1) is 18.0. The van der Waals surface area contributed by atoms with Crippen molar-refractivity contribution in [3.63, 3.8) is 0 Å². The Balaban J connectivity index is 3.24. The lowest BCUT2D eigenvalue weighted by Crippen LogP contribution is -2.41. The molecule has 0 N–H and O–H groups in total. The van der Waals surface area contributed by atoms with Crippen LogP contribution in [0.15, 0.2) is 36.9 Å². The Kier molecular flexibility index (Phi) is 5.92. The molecule has 0 bridgehead atoms. The summed E-state index contributed by atoms with van der Waals surface area (Å²) in [6, 6.07) is 7.76. The Bertz CT molecular complexity index is 558. The minimum Gasteiger partial charge on any atom is -0.453 e. The number of benzene rings is 1. The summed E-state index contributed by atoms with van der Waals surface area (Å²) in [5.41, 5.74) is 1.76. The first-order valence-electron chi connectivity index (χ1n) is 7.37. The van der Waals surface area contributed by atoms with Gasteiger partial charge < -0.3 is 9.64 Å². The third-order valence-electron chi connectivity index (χ3n) is 3.27. The van der Waals surface area contributed by atoms with Gasteiger partial charge in [0.2, 0.25) is 0 Å². The monoisotopic (exact) mass is 303 g/mol. The lowest BCUT2D eigenvalue weighted by molar-refractivity contribution is -0.151. The fourth-order valence-electron chi connectivity index (χ4n) is 2.30. The molecule has 1 rings (SSSR count). The standard InChI is InChI=1S/C18H25NO3/c1-7-12-19(17(21)13(2)22-14(3)20)16-11-9-8-10-15(16)18(4,5)6/h7-11,13H,1,12H2,2-6H3/t13-/m0/s1. The lowest BCUT2D eigenvalue weighted by atomic mass is 9.85. The molecule has 0 heterocycles. The zero-order chi connectivity index (χ0) is 16.9. The van der Waals surface area contributed by atoms with Crippen LogP contribution in [0.2, 0.25) is 0 Å². The first-order valence-corrected chi connectivity index (χ1v) is 7.37. The Morgan fingerprint density at radius 1 is 1.32 bits per heavy atom. The van der Waals surface area contributed by atoms with E-state index in [9.17, 15) is 9.59 Å². The van der Waals surface area contributed by atoms with Gasteiger partial charge in [-0.1, -0.05) is 45.0 Å². The number of ether oxygens (including phenoxy) is 1. The van der Waals surface area contributed by atoms with E-state index in [1.807, 2.05) is 24.3 Å². The van der Waals surface area contributed by atoms with Crippen LogP contribution in [-0.4, -0.2) is 24.5 Å². The van der Waals surface area contributed by atoms with E-state index in [-0.39, 0.29) is 11.3 Å². The van der Waals surface area contributed by atoms with E-state index in [1.54, 1.807) is 17.9 Å². The SMILES string of the molecule is C=CCN(C(=O)[C@H](C)OC(C)=O)c1ccccc1C(C)(C)C. The molecule has 0 aliphatic carbocycles. The molecule has 0 saturated carbocycles. The molecule has 1 amide bonds. The molecule has 4 nitrogen and oxygen atoms in total. The van der Waals surface area contributed by atoms with Crippen molar-refractivity contribution in [2.24, 2.45) is 0 Å². The van der Waals surface area contributed by atoms with Gasteiger partial charge in [-0.2, -0.15) is 0 Å². The van der Waals surface area contributed by atoms with Crippen LogP contribution in [0, 0.1) is 0 Å². The van der Waals surface area contributed by atoms with Crippen molar-refractivity contribution in [3.8, 4) is 0 Å². The second-order valence-corrected chi connectivity index (χ2v) is 6.26. The van der Waals surface area contributed by atoms with E-state index in [0.29, 0.717) is 6.54 Å². The van der Waals surface area contributed by atoms with E-state index in [1.165, 1.54) is 6.92 Å². The predicted octanol–water partition coefficient (Wildman–Crippen LogP) is 3.45. The highest BCUT2D eigenvalue weighted by Gasteiger charge is 2.27. The van der Waals surface area contributed by atoms with Crippen molar-refractivity contribution < 1.29 is 14.3 Å². The number of rotatable bonds is 5. The maximum absolute atomic E-state index is 12.6. The number of para-hydroxylation sites is 1. The fraction of sp³-hybridized carbons (Fsp3) is 0.444. The molecule has 4 heteroatoms. The van der Waals surface area contributed by atoms with Crippen molar-refractivity contribution >= 4 is 17.6 Å². The van der Waals surface area contributed by atoms with Crippen LogP contribution in [0.4, 0.5) is 5.69 Å². The summed E-state index contributed by atoms with van der Waals surface area (Å²) in [5.74, 6) is -0.727. The average Bonchev–Trinajstić information content (AvgIpc) is 2.42. The molecule has 1 aromatic carbocycles. The molecule has 22 heavy (non-hydrogen) atoms. The molecule has 0 radical (unpaired) electrons. The van der Waals surface area contributed by atoms with Crippen molar-refractivity contribution in [1.29, 1.82) is 0 Å². The van der Waals surface area contributed by atoms with Crippen LogP contribution in [0.5, 0.6) is 0 Å². The van der Waals surface area contributed by atoms with E-state index in [4.69, 9.17) is 4.74 Å². The molecule has 0 spiro atoms. The van der Waals surface area contributed by atoms with Crippen molar-refractivity contribution in [2.45, 2.75) is 46.1 Å². The van der Waals surface area contributed by atoms with Crippen LogP contribution in [0.1, 0.15) is 40.2 Å². The van der Waals surface area contributed by atoms with Crippen molar-refractivity contribution in [3.05, 3.63) is 42.5 Å². The Morgan fingerprint density at radius 2 is 1.91 bits per heavy atom. The van der Waals surface area contributed by atoms with Gasteiger partial charge in [0.1, 0.15) is 0 Å². The highest BCUT2D eigenvalue weighted by Crippen LogP contribution is 2.32. The number of esters is 1. The summed E-state index contributed by atoms with van der Waals surface area (Å²) in [4.78, 5) is 25.4. The van der Waals surface area contributed by atoms with Crippen molar-refractivity contribution in [1.82, 2.24) is 0 Å². The average molecular weight is 303 g/mol. The third-order valence-corrected chi connectivity index (χ3v) is 3.27. The highest BCUT2D eigenvalue weighted by molar-refractivity contribution is 5.98. The maximum atomic E-state index is 12.6. The topological polar surface area (TPSA) is 46.6 Å². The number of carbonyl (C=O) groups excluding carboxylic acids is 2. The molecule has 0 unspecified atom stereocenters. The normalized spacial score (nSPS) is 12.4. The zero-order valence-corrected chi connectivity index (χ0v) is 14.1. The molecule has 0 aliphatic rings. The molecular formula is C18H25NO3. The summed E-state index contributed by atoms with van der Waals surface area (Å²) in [5, 5.41) is 0. The molecule has 0 fully saturated rings. The maximum Gasteiger partial charge on any atom is 0.303 e. The number of carbonyl (C=O) groups is 2. The Morgan fingerprint density at radius 3 is 2.41 bits per heavy atom. The smallest absolute Gasteiger partial charge is 0.303 e. The van der Waals surface area contributed by atoms with Crippen LogP contribution >= 0.6 is 0 Å². The second kappa shape index (κ2) is 7.25. The number of hydrogen-bond donors (Lipinski definition) is 0. The molecule has 1 atom stereocenters. The Labute approximate surface area is 132 Å². The Hall–Kier alpha value is -2.10. The molecule has 0 aromatic heterocycles. The van der Waals surface area contributed by atoms with Crippen molar-refractivity contribution in [2.75, 3.05) is 11.4 Å². The van der Waals surface area contributed by atoms with Gasteiger partial charge in [0.05, 0.1) is 0 Å². The second-order valence-electron chi connectivity index (χ2n) is 6.26. The summed E-state index contributed by atoms with van der Waals surface area (Å²) in [6.07, 6.45) is 0.836. The van der Waals surface area contributed by atoms with E-state index in [2.05, 4.69) is 27.4 Å². The van der Waals surface area contributed by atoms with Gasteiger partial charge in [-0.05, 0) is 24.0 Å². The van der Waals surface area contributed by atoms with Crippen LogP contribution in [0.25, 0.3) is 0 Å². The molecule has 0 saturated heterocycles. The quantitative estimate of drug-likeness (QED) is 0.618. The lowest BCUT2D eigenvalue weighted by Gasteiger charge is -2.30. The summed E-state index contributed by atoms with van der Waals surface area (Å²) in [6.45, 7) is 13.2. The molecule has 120 valence electrons. The zero-order valence-electron chi connectivity index (χ0n) is 14.1. The van der Waals surface area contributed by atoms with Gasteiger partial charge in [-0.3, -0.25) is 9.59 Å². The van der Waals surface area contributed by atoms with Gasteiger partial charge >= 0.3 is 5.97 Å². The van der Waals surface area contributed by atoms with E-state index < -0.39 is 12.1 Å². The number of amides is 1.